The van der Waals surface area contributed by atoms with E-state index in [1.54, 1.807) is 4.52 Å². The maximum Gasteiger partial charge on any atom is 0.252 e. The Morgan fingerprint density at radius 2 is 2.00 bits per heavy atom. The van der Waals surface area contributed by atoms with Gasteiger partial charge in [-0.05, 0) is 38.8 Å². The van der Waals surface area contributed by atoms with E-state index in [9.17, 15) is 4.79 Å². The molecular formula is C20H21N5O3. The largest absolute Gasteiger partial charge is 0.448 e. The Hall–Kier alpha value is -3.16. The van der Waals surface area contributed by atoms with E-state index in [0.717, 1.165) is 48.4 Å². The minimum Gasteiger partial charge on any atom is -0.448 e. The van der Waals surface area contributed by atoms with Crippen molar-refractivity contribution < 1.29 is 14.3 Å². The number of rotatable bonds is 3. The number of aromatic nitrogens is 4. The third-order valence-electron chi connectivity index (χ3n) is 5.51. The summed E-state index contributed by atoms with van der Waals surface area (Å²) in [7, 11) is 0. The first-order valence-corrected chi connectivity index (χ1v) is 9.51. The van der Waals surface area contributed by atoms with Crippen LogP contribution in [0.1, 0.15) is 42.6 Å². The molecule has 3 heterocycles. The van der Waals surface area contributed by atoms with Crippen LogP contribution in [-0.4, -0.2) is 31.3 Å². The monoisotopic (exact) mass is 379 g/mol. The molecule has 28 heavy (non-hydrogen) atoms. The molecule has 0 radical (unpaired) electrons. The van der Waals surface area contributed by atoms with Gasteiger partial charge < -0.3 is 14.8 Å². The minimum atomic E-state index is -0.502. The highest BCUT2D eigenvalue weighted by molar-refractivity contribution is 5.93. The Kier molecular flexibility index (Phi) is 3.75. The molecule has 1 spiro atoms. The maximum absolute atomic E-state index is 12.7. The SMILES string of the molecule is Cc1nc2ncnn2c(C)c1CC(=O)Nc1ccc2c(c1)OC1(CCCC1)O2. The molecule has 8 nitrogen and oxygen atoms in total. The second kappa shape index (κ2) is 6.19. The summed E-state index contributed by atoms with van der Waals surface area (Å²) >= 11 is 0. The van der Waals surface area contributed by atoms with E-state index in [-0.39, 0.29) is 12.3 Å². The fourth-order valence-corrected chi connectivity index (χ4v) is 4.07. The molecule has 0 unspecified atom stereocenters. The summed E-state index contributed by atoms with van der Waals surface area (Å²) in [6.07, 6.45) is 5.70. The molecule has 2 aliphatic rings. The van der Waals surface area contributed by atoms with Crippen molar-refractivity contribution in [2.24, 2.45) is 0 Å². The van der Waals surface area contributed by atoms with Gasteiger partial charge >= 0.3 is 0 Å². The van der Waals surface area contributed by atoms with Crippen molar-refractivity contribution in [3.05, 3.63) is 41.5 Å². The molecule has 0 saturated heterocycles. The van der Waals surface area contributed by atoms with Gasteiger partial charge in [-0.2, -0.15) is 10.1 Å². The summed E-state index contributed by atoms with van der Waals surface area (Å²) in [4.78, 5) is 21.2. The number of amides is 1. The van der Waals surface area contributed by atoms with E-state index in [1.165, 1.54) is 6.33 Å². The first-order chi connectivity index (χ1) is 13.5. The van der Waals surface area contributed by atoms with Crippen LogP contribution in [0.2, 0.25) is 0 Å². The zero-order chi connectivity index (χ0) is 19.3. The van der Waals surface area contributed by atoms with Gasteiger partial charge in [-0.15, -0.1) is 0 Å². The second-order valence-electron chi connectivity index (χ2n) is 7.44. The summed E-state index contributed by atoms with van der Waals surface area (Å²) < 4.78 is 13.7. The molecule has 1 aliphatic carbocycles. The average Bonchev–Trinajstić information content (AvgIpc) is 3.38. The summed E-state index contributed by atoms with van der Waals surface area (Å²) in [5.74, 6) is 1.35. The maximum atomic E-state index is 12.7. The van der Waals surface area contributed by atoms with Crippen LogP contribution in [0.3, 0.4) is 0 Å². The van der Waals surface area contributed by atoms with Gasteiger partial charge in [0.05, 0.1) is 6.42 Å². The summed E-state index contributed by atoms with van der Waals surface area (Å²) in [5, 5.41) is 7.11. The Bertz CT molecular complexity index is 1080. The predicted octanol–water partition coefficient (Wildman–Crippen LogP) is 2.96. The van der Waals surface area contributed by atoms with E-state index >= 15 is 0 Å². The van der Waals surface area contributed by atoms with Crippen LogP contribution in [0.25, 0.3) is 5.78 Å². The van der Waals surface area contributed by atoms with Gasteiger partial charge in [0.25, 0.3) is 11.6 Å². The molecule has 1 saturated carbocycles. The number of nitrogens with zero attached hydrogens (tertiary/aromatic N) is 4. The number of hydrogen-bond acceptors (Lipinski definition) is 6. The van der Waals surface area contributed by atoms with Crippen molar-refractivity contribution in [3.63, 3.8) is 0 Å². The minimum absolute atomic E-state index is 0.123. The quantitative estimate of drug-likeness (QED) is 0.752. The molecule has 1 fully saturated rings. The van der Waals surface area contributed by atoms with Crippen LogP contribution >= 0.6 is 0 Å². The van der Waals surface area contributed by atoms with Crippen molar-refractivity contribution in [2.75, 3.05) is 5.32 Å². The van der Waals surface area contributed by atoms with Gasteiger partial charge in [0.1, 0.15) is 6.33 Å². The third kappa shape index (κ3) is 2.76. The number of carbonyl (C=O) groups is 1. The van der Waals surface area contributed by atoms with Crippen molar-refractivity contribution in [1.82, 2.24) is 19.6 Å². The molecule has 144 valence electrons. The molecule has 1 N–H and O–H groups in total. The van der Waals surface area contributed by atoms with E-state index in [1.807, 2.05) is 32.0 Å². The lowest BCUT2D eigenvalue weighted by atomic mass is 10.1. The number of anilines is 1. The lowest BCUT2D eigenvalue weighted by Crippen LogP contribution is -2.34. The Morgan fingerprint density at radius 3 is 2.82 bits per heavy atom. The van der Waals surface area contributed by atoms with Crippen LogP contribution in [0, 0.1) is 13.8 Å². The van der Waals surface area contributed by atoms with E-state index in [0.29, 0.717) is 17.2 Å². The van der Waals surface area contributed by atoms with Crippen LogP contribution < -0.4 is 14.8 Å². The topological polar surface area (TPSA) is 90.6 Å². The Labute approximate surface area is 161 Å². The highest BCUT2D eigenvalue weighted by Gasteiger charge is 2.44. The number of fused-ring (bicyclic) bond motifs is 2. The molecule has 1 aromatic carbocycles. The Balaban J connectivity index is 1.33. The molecular weight excluding hydrogens is 358 g/mol. The first kappa shape index (κ1) is 17.0. The van der Waals surface area contributed by atoms with Crippen LogP contribution in [0.4, 0.5) is 5.69 Å². The van der Waals surface area contributed by atoms with Gasteiger partial charge in [-0.25, -0.2) is 9.50 Å². The third-order valence-corrected chi connectivity index (χ3v) is 5.51. The molecule has 5 rings (SSSR count). The Morgan fingerprint density at radius 1 is 1.21 bits per heavy atom. The molecule has 8 heteroatoms. The van der Waals surface area contributed by atoms with E-state index in [4.69, 9.17) is 9.47 Å². The van der Waals surface area contributed by atoms with Crippen molar-refractivity contribution in [1.29, 1.82) is 0 Å². The van der Waals surface area contributed by atoms with Crippen molar-refractivity contribution >= 4 is 17.4 Å². The highest BCUT2D eigenvalue weighted by atomic mass is 16.7. The fraction of sp³-hybridized carbons (Fsp3) is 0.400. The number of nitrogens with one attached hydrogen (secondary N) is 1. The number of ether oxygens (including phenoxy) is 2. The second-order valence-corrected chi connectivity index (χ2v) is 7.44. The fourth-order valence-electron chi connectivity index (χ4n) is 4.07. The lowest BCUT2D eigenvalue weighted by molar-refractivity contribution is -0.115. The number of aryl methyl sites for hydroxylation is 2. The average molecular weight is 379 g/mol. The lowest BCUT2D eigenvalue weighted by Gasteiger charge is -2.21. The smallest absolute Gasteiger partial charge is 0.252 e. The van der Waals surface area contributed by atoms with E-state index in [2.05, 4.69) is 20.4 Å². The zero-order valence-electron chi connectivity index (χ0n) is 15.9. The first-order valence-electron chi connectivity index (χ1n) is 9.51. The van der Waals surface area contributed by atoms with Gasteiger partial charge in [0.15, 0.2) is 11.5 Å². The van der Waals surface area contributed by atoms with Crippen LogP contribution in [0.5, 0.6) is 11.5 Å². The highest BCUT2D eigenvalue weighted by Crippen LogP contribution is 2.47. The van der Waals surface area contributed by atoms with Crippen molar-refractivity contribution in [2.45, 2.75) is 51.7 Å². The molecule has 0 atom stereocenters. The number of hydrogen-bond donors (Lipinski definition) is 1. The zero-order valence-corrected chi connectivity index (χ0v) is 15.9. The molecule has 0 bridgehead atoms. The van der Waals surface area contributed by atoms with Gasteiger partial charge in [0, 0.05) is 41.5 Å². The number of carbonyl (C=O) groups excluding carboxylic acids is 1. The summed E-state index contributed by atoms with van der Waals surface area (Å²) in [5.41, 5.74) is 3.18. The normalized spacial score (nSPS) is 16.8. The standard InChI is InChI=1S/C20H21N5O3/c1-12-15(13(2)25-19(23-12)21-11-22-25)10-18(26)24-14-5-6-16-17(9-14)28-20(27-16)7-3-4-8-20/h5-6,9,11H,3-4,7-8,10H2,1-2H3,(H,24,26). The van der Waals surface area contributed by atoms with E-state index < -0.39 is 5.79 Å². The van der Waals surface area contributed by atoms with Gasteiger partial charge in [-0.3, -0.25) is 4.79 Å². The summed E-state index contributed by atoms with van der Waals surface area (Å²) in [6, 6.07) is 5.53. The van der Waals surface area contributed by atoms with Crippen LogP contribution in [0.15, 0.2) is 24.5 Å². The van der Waals surface area contributed by atoms with Crippen LogP contribution in [-0.2, 0) is 11.2 Å². The summed E-state index contributed by atoms with van der Waals surface area (Å²) in [6.45, 7) is 3.80. The van der Waals surface area contributed by atoms with Crippen molar-refractivity contribution in [3.8, 4) is 11.5 Å². The number of benzene rings is 1. The molecule has 2 aromatic heterocycles. The molecule has 3 aromatic rings. The van der Waals surface area contributed by atoms with Gasteiger partial charge in [-0.1, -0.05) is 0 Å². The predicted molar refractivity (Wildman–Crippen MR) is 101 cm³/mol. The van der Waals surface area contributed by atoms with Gasteiger partial charge in [0.2, 0.25) is 5.91 Å². The molecule has 1 amide bonds. The molecule has 1 aliphatic heterocycles.